The third-order valence-corrected chi connectivity index (χ3v) is 2.69. The first-order valence-corrected chi connectivity index (χ1v) is 6.49. The van der Waals surface area contributed by atoms with Crippen molar-refractivity contribution in [3.63, 3.8) is 0 Å². The molecule has 0 spiro atoms. The molecule has 0 aliphatic carbocycles. The summed E-state index contributed by atoms with van der Waals surface area (Å²) in [4.78, 5) is 22.7. The van der Waals surface area contributed by atoms with E-state index in [9.17, 15) is 9.59 Å². The van der Waals surface area contributed by atoms with Gasteiger partial charge in [-0.2, -0.15) is 0 Å². The highest BCUT2D eigenvalue weighted by Gasteiger charge is 2.16. The third-order valence-electron chi connectivity index (χ3n) is 2.69. The molecule has 1 rings (SSSR count). The van der Waals surface area contributed by atoms with Crippen molar-refractivity contribution < 1.29 is 14.3 Å². The zero-order valence-electron chi connectivity index (χ0n) is 11.7. The number of esters is 1. The fraction of sp³-hybridized carbons (Fsp3) is 0.467. The quantitative estimate of drug-likeness (QED) is 0.799. The van der Waals surface area contributed by atoms with Gasteiger partial charge in [-0.25, -0.2) is 0 Å². The SMILES string of the molecule is CCOC(=O)CC(Cc1cccc(C)c1)NC(C)=O. The molecule has 4 nitrogen and oxygen atoms in total. The average Bonchev–Trinajstić information content (AvgIpc) is 2.27. The minimum absolute atomic E-state index is 0.137. The number of hydrogen-bond donors (Lipinski definition) is 1. The minimum Gasteiger partial charge on any atom is -0.466 e. The summed E-state index contributed by atoms with van der Waals surface area (Å²) in [5, 5.41) is 2.80. The van der Waals surface area contributed by atoms with Crippen molar-refractivity contribution in [1.29, 1.82) is 0 Å². The summed E-state index contributed by atoms with van der Waals surface area (Å²) in [5.74, 6) is -0.421. The van der Waals surface area contributed by atoms with E-state index in [1.807, 2.05) is 25.1 Å². The summed E-state index contributed by atoms with van der Waals surface area (Å²) in [5.41, 5.74) is 2.26. The smallest absolute Gasteiger partial charge is 0.307 e. The summed E-state index contributed by atoms with van der Waals surface area (Å²) in [7, 11) is 0. The van der Waals surface area contributed by atoms with Gasteiger partial charge in [0.1, 0.15) is 0 Å². The van der Waals surface area contributed by atoms with E-state index in [2.05, 4.69) is 11.4 Å². The van der Waals surface area contributed by atoms with Gasteiger partial charge in [0.2, 0.25) is 5.91 Å². The van der Waals surface area contributed by atoms with E-state index in [0.717, 1.165) is 11.1 Å². The molecule has 0 bridgehead atoms. The number of carbonyl (C=O) groups excluding carboxylic acids is 2. The van der Waals surface area contributed by atoms with Crippen molar-refractivity contribution in [2.45, 2.75) is 39.7 Å². The molecule has 104 valence electrons. The predicted molar refractivity (Wildman–Crippen MR) is 73.7 cm³/mol. The van der Waals surface area contributed by atoms with E-state index in [1.54, 1.807) is 6.92 Å². The Kier molecular flexibility index (Phi) is 6.06. The Hall–Kier alpha value is -1.84. The fourth-order valence-electron chi connectivity index (χ4n) is 2.01. The highest BCUT2D eigenvalue weighted by molar-refractivity contribution is 5.75. The van der Waals surface area contributed by atoms with Crippen LogP contribution in [0.1, 0.15) is 31.4 Å². The number of hydrogen-bond acceptors (Lipinski definition) is 3. The summed E-state index contributed by atoms with van der Waals surface area (Å²) < 4.78 is 4.93. The monoisotopic (exact) mass is 263 g/mol. The van der Waals surface area contributed by atoms with Crippen molar-refractivity contribution in [2.75, 3.05) is 6.61 Å². The molecule has 0 heterocycles. The lowest BCUT2D eigenvalue weighted by atomic mass is 10.0. The Labute approximate surface area is 114 Å². The lowest BCUT2D eigenvalue weighted by Gasteiger charge is -2.17. The van der Waals surface area contributed by atoms with Gasteiger partial charge in [-0.05, 0) is 25.8 Å². The Morgan fingerprint density at radius 1 is 1.37 bits per heavy atom. The molecule has 0 aromatic heterocycles. The highest BCUT2D eigenvalue weighted by Crippen LogP contribution is 2.09. The van der Waals surface area contributed by atoms with Crippen LogP contribution in [0.2, 0.25) is 0 Å². The molecule has 1 aromatic carbocycles. The maximum atomic E-state index is 11.5. The second-order valence-corrected chi connectivity index (χ2v) is 4.60. The Morgan fingerprint density at radius 2 is 2.11 bits per heavy atom. The van der Waals surface area contributed by atoms with Gasteiger partial charge in [0, 0.05) is 13.0 Å². The van der Waals surface area contributed by atoms with Crippen LogP contribution >= 0.6 is 0 Å². The molecule has 1 amide bonds. The number of ether oxygens (including phenoxy) is 1. The van der Waals surface area contributed by atoms with Crippen LogP contribution in [0.4, 0.5) is 0 Å². The van der Waals surface area contributed by atoms with Crippen LogP contribution in [0.15, 0.2) is 24.3 Å². The van der Waals surface area contributed by atoms with Crippen LogP contribution in [0, 0.1) is 6.92 Å². The van der Waals surface area contributed by atoms with E-state index in [0.29, 0.717) is 13.0 Å². The summed E-state index contributed by atoms with van der Waals surface area (Å²) >= 11 is 0. The molecule has 1 atom stereocenters. The maximum Gasteiger partial charge on any atom is 0.307 e. The summed E-state index contributed by atoms with van der Waals surface area (Å²) in [6.07, 6.45) is 0.821. The Bertz CT molecular complexity index is 443. The molecule has 19 heavy (non-hydrogen) atoms. The minimum atomic E-state index is -0.283. The summed E-state index contributed by atoms with van der Waals surface area (Å²) in [6, 6.07) is 7.81. The largest absolute Gasteiger partial charge is 0.466 e. The molecular weight excluding hydrogens is 242 g/mol. The lowest BCUT2D eigenvalue weighted by molar-refractivity contribution is -0.143. The van der Waals surface area contributed by atoms with Gasteiger partial charge in [-0.1, -0.05) is 29.8 Å². The Balaban J connectivity index is 2.68. The van der Waals surface area contributed by atoms with Crippen molar-refractivity contribution >= 4 is 11.9 Å². The zero-order chi connectivity index (χ0) is 14.3. The fourth-order valence-corrected chi connectivity index (χ4v) is 2.01. The van der Waals surface area contributed by atoms with E-state index in [-0.39, 0.29) is 24.3 Å². The van der Waals surface area contributed by atoms with Crippen LogP contribution < -0.4 is 5.32 Å². The van der Waals surface area contributed by atoms with Crippen molar-refractivity contribution in [1.82, 2.24) is 5.32 Å². The molecule has 0 radical (unpaired) electrons. The van der Waals surface area contributed by atoms with Gasteiger partial charge in [0.15, 0.2) is 0 Å². The van der Waals surface area contributed by atoms with Gasteiger partial charge in [0.25, 0.3) is 0 Å². The van der Waals surface area contributed by atoms with E-state index >= 15 is 0 Å². The van der Waals surface area contributed by atoms with E-state index in [4.69, 9.17) is 4.74 Å². The molecule has 1 unspecified atom stereocenters. The van der Waals surface area contributed by atoms with Gasteiger partial charge in [0.05, 0.1) is 13.0 Å². The number of carbonyl (C=O) groups is 2. The molecule has 0 saturated carbocycles. The molecule has 0 aliphatic heterocycles. The molecule has 0 fully saturated rings. The van der Waals surface area contributed by atoms with Crippen molar-refractivity contribution in [3.8, 4) is 0 Å². The predicted octanol–water partition coefficient (Wildman–Crippen LogP) is 2.00. The van der Waals surface area contributed by atoms with E-state index in [1.165, 1.54) is 6.92 Å². The number of benzene rings is 1. The standard InChI is InChI=1S/C15H21NO3/c1-4-19-15(18)10-14(16-12(3)17)9-13-7-5-6-11(2)8-13/h5-8,14H,4,9-10H2,1-3H3,(H,16,17). The van der Waals surface area contributed by atoms with Crippen LogP contribution in [0.5, 0.6) is 0 Å². The molecule has 0 aliphatic rings. The second-order valence-electron chi connectivity index (χ2n) is 4.60. The lowest BCUT2D eigenvalue weighted by Crippen LogP contribution is -2.37. The molecule has 1 aromatic rings. The van der Waals surface area contributed by atoms with Gasteiger partial charge < -0.3 is 10.1 Å². The second kappa shape index (κ2) is 7.56. The third kappa shape index (κ3) is 6.04. The maximum absolute atomic E-state index is 11.5. The normalized spacial score (nSPS) is 11.7. The first-order chi connectivity index (χ1) is 9.01. The Morgan fingerprint density at radius 3 is 2.68 bits per heavy atom. The van der Waals surface area contributed by atoms with Gasteiger partial charge in [-0.3, -0.25) is 9.59 Å². The first kappa shape index (κ1) is 15.2. The van der Waals surface area contributed by atoms with Crippen molar-refractivity contribution in [3.05, 3.63) is 35.4 Å². The molecule has 1 N–H and O–H groups in total. The topological polar surface area (TPSA) is 55.4 Å². The van der Waals surface area contributed by atoms with Gasteiger partial charge in [-0.15, -0.1) is 0 Å². The highest BCUT2D eigenvalue weighted by atomic mass is 16.5. The molecule has 4 heteroatoms. The summed E-state index contributed by atoms with van der Waals surface area (Å²) in [6.45, 7) is 5.60. The van der Waals surface area contributed by atoms with Crippen LogP contribution in [0.3, 0.4) is 0 Å². The average molecular weight is 263 g/mol. The number of amides is 1. The van der Waals surface area contributed by atoms with Crippen LogP contribution in [-0.4, -0.2) is 24.5 Å². The molecular formula is C15H21NO3. The first-order valence-electron chi connectivity index (χ1n) is 6.49. The van der Waals surface area contributed by atoms with Crippen molar-refractivity contribution in [2.24, 2.45) is 0 Å². The number of aryl methyl sites for hydroxylation is 1. The number of nitrogens with one attached hydrogen (secondary N) is 1. The molecule has 0 saturated heterocycles. The van der Waals surface area contributed by atoms with Gasteiger partial charge >= 0.3 is 5.97 Å². The van der Waals surface area contributed by atoms with E-state index < -0.39 is 0 Å². The zero-order valence-corrected chi connectivity index (χ0v) is 11.7. The van der Waals surface area contributed by atoms with Crippen LogP contribution in [-0.2, 0) is 20.7 Å². The number of rotatable bonds is 6. The van der Waals surface area contributed by atoms with Crippen LogP contribution in [0.25, 0.3) is 0 Å².